The van der Waals surface area contributed by atoms with E-state index in [1.807, 2.05) is 13.0 Å². The Balaban J connectivity index is 1.80. The first-order valence-electron chi connectivity index (χ1n) is 8.07. The van der Waals surface area contributed by atoms with Gasteiger partial charge in [0.15, 0.2) is 0 Å². The van der Waals surface area contributed by atoms with Crippen molar-refractivity contribution in [2.24, 2.45) is 0 Å². The van der Waals surface area contributed by atoms with Crippen molar-refractivity contribution in [2.45, 2.75) is 11.8 Å². The molecule has 0 fully saturated rings. The molecular weight excluding hydrogens is 421 g/mol. The van der Waals surface area contributed by atoms with E-state index < -0.39 is 15.9 Å². The van der Waals surface area contributed by atoms with Gasteiger partial charge < -0.3 is 5.32 Å². The summed E-state index contributed by atoms with van der Waals surface area (Å²) >= 11 is 11.7. The van der Waals surface area contributed by atoms with Crippen molar-refractivity contribution in [1.29, 1.82) is 0 Å². The van der Waals surface area contributed by atoms with Crippen LogP contribution in [0.25, 0.3) is 0 Å². The summed E-state index contributed by atoms with van der Waals surface area (Å²) in [6.07, 6.45) is 0. The SMILES string of the molecule is Cc1cccc(NC(=O)c2cccc(NS(=O)(=O)c3ccc(Cl)c(Cl)c3)c2)n1. The Kier molecular flexibility index (Phi) is 5.88. The second-order valence-electron chi connectivity index (χ2n) is 5.88. The highest BCUT2D eigenvalue weighted by atomic mass is 35.5. The maximum absolute atomic E-state index is 12.6. The molecule has 0 aliphatic rings. The minimum atomic E-state index is -3.90. The number of amides is 1. The van der Waals surface area contributed by atoms with Crippen molar-refractivity contribution < 1.29 is 13.2 Å². The molecule has 144 valence electrons. The lowest BCUT2D eigenvalue weighted by Crippen LogP contribution is -2.15. The lowest BCUT2D eigenvalue weighted by molar-refractivity contribution is 0.102. The topological polar surface area (TPSA) is 88.2 Å². The van der Waals surface area contributed by atoms with Crippen LogP contribution in [0.4, 0.5) is 11.5 Å². The average molecular weight is 436 g/mol. The van der Waals surface area contributed by atoms with Crippen molar-refractivity contribution in [1.82, 2.24) is 4.98 Å². The molecule has 3 aromatic rings. The molecule has 1 aromatic heterocycles. The molecule has 28 heavy (non-hydrogen) atoms. The van der Waals surface area contributed by atoms with E-state index in [1.165, 1.54) is 30.3 Å². The lowest BCUT2D eigenvalue weighted by Gasteiger charge is -2.10. The molecule has 2 N–H and O–H groups in total. The number of sulfonamides is 1. The monoisotopic (exact) mass is 435 g/mol. The van der Waals surface area contributed by atoms with Gasteiger partial charge in [0.25, 0.3) is 15.9 Å². The van der Waals surface area contributed by atoms with Crippen molar-refractivity contribution >= 4 is 50.6 Å². The van der Waals surface area contributed by atoms with Crippen LogP contribution < -0.4 is 10.0 Å². The fourth-order valence-electron chi connectivity index (χ4n) is 2.38. The van der Waals surface area contributed by atoms with E-state index in [0.29, 0.717) is 5.82 Å². The predicted molar refractivity (Wildman–Crippen MR) is 111 cm³/mol. The normalized spacial score (nSPS) is 11.1. The molecule has 0 saturated carbocycles. The molecular formula is C19H15Cl2N3O3S. The zero-order chi connectivity index (χ0) is 20.3. The van der Waals surface area contributed by atoms with E-state index in [2.05, 4.69) is 15.0 Å². The molecule has 0 saturated heterocycles. The van der Waals surface area contributed by atoms with Crippen molar-refractivity contribution in [3.05, 3.63) is 82.0 Å². The highest BCUT2D eigenvalue weighted by Crippen LogP contribution is 2.26. The first-order valence-corrected chi connectivity index (χ1v) is 10.3. The van der Waals surface area contributed by atoms with Gasteiger partial charge in [-0.05, 0) is 55.5 Å². The van der Waals surface area contributed by atoms with E-state index >= 15 is 0 Å². The van der Waals surface area contributed by atoms with Gasteiger partial charge in [-0.1, -0.05) is 35.3 Å². The van der Waals surface area contributed by atoms with Crippen LogP contribution in [0.2, 0.25) is 10.0 Å². The number of nitrogens with zero attached hydrogens (tertiary/aromatic N) is 1. The molecule has 1 amide bonds. The number of anilines is 2. The molecule has 0 aliphatic carbocycles. The van der Waals surface area contributed by atoms with Gasteiger partial charge in [-0.3, -0.25) is 9.52 Å². The number of hydrogen-bond donors (Lipinski definition) is 2. The first kappa shape index (κ1) is 20.1. The van der Waals surface area contributed by atoms with E-state index in [4.69, 9.17) is 23.2 Å². The largest absolute Gasteiger partial charge is 0.307 e. The number of carbonyl (C=O) groups excluding carboxylic acids is 1. The molecule has 0 atom stereocenters. The quantitative estimate of drug-likeness (QED) is 0.604. The van der Waals surface area contributed by atoms with Crippen LogP contribution in [0, 0.1) is 6.92 Å². The van der Waals surface area contributed by atoms with Crippen molar-refractivity contribution in [3.8, 4) is 0 Å². The molecule has 3 rings (SSSR count). The van der Waals surface area contributed by atoms with E-state index in [0.717, 1.165) is 5.69 Å². The molecule has 0 radical (unpaired) electrons. The van der Waals surface area contributed by atoms with E-state index in [9.17, 15) is 13.2 Å². The Hall–Kier alpha value is -2.61. The van der Waals surface area contributed by atoms with E-state index in [1.54, 1.807) is 24.3 Å². The Morgan fingerprint density at radius 1 is 0.964 bits per heavy atom. The van der Waals surface area contributed by atoms with E-state index in [-0.39, 0.29) is 26.2 Å². The highest BCUT2D eigenvalue weighted by Gasteiger charge is 2.17. The molecule has 0 bridgehead atoms. The van der Waals surface area contributed by atoms with Gasteiger partial charge in [0, 0.05) is 16.9 Å². The molecule has 2 aromatic carbocycles. The van der Waals surface area contributed by atoms with Gasteiger partial charge in [-0.25, -0.2) is 13.4 Å². The van der Waals surface area contributed by atoms with Crippen LogP contribution in [0.3, 0.4) is 0 Å². The van der Waals surface area contributed by atoms with Crippen LogP contribution in [0.15, 0.2) is 65.6 Å². The molecule has 0 aliphatic heterocycles. The maximum atomic E-state index is 12.6. The number of aryl methyl sites for hydroxylation is 1. The fourth-order valence-corrected chi connectivity index (χ4v) is 3.82. The second kappa shape index (κ2) is 8.18. The number of benzene rings is 2. The Morgan fingerprint density at radius 3 is 2.43 bits per heavy atom. The van der Waals surface area contributed by atoms with Gasteiger partial charge in [-0.15, -0.1) is 0 Å². The van der Waals surface area contributed by atoms with Crippen LogP contribution in [-0.2, 0) is 10.0 Å². The zero-order valence-electron chi connectivity index (χ0n) is 14.6. The van der Waals surface area contributed by atoms with Gasteiger partial charge in [0.1, 0.15) is 5.82 Å². The number of pyridine rings is 1. The summed E-state index contributed by atoms with van der Waals surface area (Å²) in [7, 11) is -3.90. The van der Waals surface area contributed by atoms with Crippen LogP contribution in [0.5, 0.6) is 0 Å². The van der Waals surface area contributed by atoms with Crippen LogP contribution in [0.1, 0.15) is 16.1 Å². The molecule has 1 heterocycles. The summed E-state index contributed by atoms with van der Waals surface area (Å²) in [5, 5.41) is 3.06. The number of rotatable bonds is 5. The number of halogens is 2. The first-order chi connectivity index (χ1) is 13.2. The zero-order valence-corrected chi connectivity index (χ0v) is 16.9. The van der Waals surface area contributed by atoms with Gasteiger partial charge in [0.05, 0.1) is 14.9 Å². The maximum Gasteiger partial charge on any atom is 0.261 e. The Bertz CT molecular complexity index is 1150. The van der Waals surface area contributed by atoms with Crippen LogP contribution in [-0.4, -0.2) is 19.3 Å². The second-order valence-corrected chi connectivity index (χ2v) is 8.38. The standard InChI is InChI=1S/C19H15Cl2N3O3S/c1-12-4-2-7-18(22-12)23-19(25)13-5-3-6-14(10-13)24-28(26,27)15-8-9-16(20)17(21)11-15/h2-11,24H,1H3,(H,22,23,25). The van der Waals surface area contributed by atoms with Gasteiger partial charge >= 0.3 is 0 Å². The van der Waals surface area contributed by atoms with Crippen molar-refractivity contribution in [2.75, 3.05) is 10.0 Å². The molecule has 9 heteroatoms. The Morgan fingerprint density at radius 2 is 1.71 bits per heavy atom. The summed E-state index contributed by atoms with van der Waals surface area (Å²) in [4.78, 5) is 16.6. The third-order valence-electron chi connectivity index (χ3n) is 3.71. The smallest absolute Gasteiger partial charge is 0.261 e. The molecule has 0 spiro atoms. The van der Waals surface area contributed by atoms with Crippen LogP contribution >= 0.6 is 23.2 Å². The predicted octanol–water partition coefficient (Wildman–Crippen LogP) is 4.75. The third kappa shape index (κ3) is 4.81. The summed E-state index contributed by atoms with van der Waals surface area (Å²) in [5.74, 6) is 0.000440. The minimum Gasteiger partial charge on any atom is -0.307 e. The lowest BCUT2D eigenvalue weighted by atomic mass is 10.2. The summed E-state index contributed by atoms with van der Waals surface area (Å²) in [6, 6.07) is 15.4. The third-order valence-corrected chi connectivity index (χ3v) is 5.83. The molecule has 6 nitrogen and oxygen atoms in total. The number of aromatic nitrogens is 1. The summed E-state index contributed by atoms with van der Waals surface area (Å²) in [6.45, 7) is 1.81. The number of carbonyl (C=O) groups is 1. The average Bonchev–Trinajstić information content (AvgIpc) is 2.63. The Labute approximate surface area is 172 Å². The molecule has 0 unspecified atom stereocenters. The minimum absolute atomic E-state index is 0.0410. The fraction of sp³-hybridized carbons (Fsp3) is 0.0526. The highest BCUT2D eigenvalue weighted by molar-refractivity contribution is 7.92. The number of nitrogens with one attached hydrogen (secondary N) is 2. The van der Waals surface area contributed by atoms with Gasteiger partial charge in [0.2, 0.25) is 0 Å². The van der Waals surface area contributed by atoms with Gasteiger partial charge in [-0.2, -0.15) is 0 Å². The summed E-state index contributed by atoms with van der Waals surface area (Å²) < 4.78 is 27.5. The summed E-state index contributed by atoms with van der Waals surface area (Å²) in [5.41, 5.74) is 1.27. The van der Waals surface area contributed by atoms with Crippen molar-refractivity contribution in [3.63, 3.8) is 0 Å². The number of hydrogen-bond acceptors (Lipinski definition) is 4.